The zero-order valence-electron chi connectivity index (χ0n) is 12.3. The van der Waals surface area contributed by atoms with Crippen molar-refractivity contribution in [1.29, 1.82) is 0 Å². The molecule has 1 atom stereocenters. The first kappa shape index (κ1) is 14.4. The lowest BCUT2D eigenvalue weighted by atomic mass is 9.90. The highest BCUT2D eigenvalue weighted by Crippen LogP contribution is 2.31. The van der Waals surface area contributed by atoms with Crippen LogP contribution in [0.2, 0.25) is 0 Å². The number of aromatic nitrogens is 2. The van der Waals surface area contributed by atoms with Crippen LogP contribution >= 0.6 is 11.8 Å². The predicted molar refractivity (Wildman–Crippen MR) is 82.7 cm³/mol. The summed E-state index contributed by atoms with van der Waals surface area (Å²) in [6, 6.07) is 0. The SMILES string of the molecule is Cn1cc(CCNC2=NCC(CC(C)(C)C)S2)cn1. The topological polar surface area (TPSA) is 42.2 Å². The molecule has 0 fully saturated rings. The number of nitrogens with zero attached hydrogens (tertiary/aromatic N) is 3. The standard InChI is InChI=1S/C14H24N4S/c1-14(2,3)7-12-9-16-13(19-12)15-6-5-11-8-17-18(4)10-11/h8,10,12H,5-7,9H2,1-4H3,(H,15,16). The Labute approximate surface area is 120 Å². The first-order chi connectivity index (χ1) is 8.92. The second-order valence-electron chi connectivity index (χ2n) is 6.35. The van der Waals surface area contributed by atoms with E-state index in [4.69, 9.17) is 0 Å². The Hall–Kier alpha value is -0.970. The highest BCUT2D eigenvalue weighted by atomic mass is 32.2. The smallest absolute Gasteiger partial charge is 0.156 e. The maximum atomic E-state index is 4.59. The minimum absolute atomic E-state index is 0.387. The second kappa shape index (κ2) is 5.99. The van der Waals surface area contributed by atoms with Crippen LogP contribution in [0.1, 0.15) is 32.8 Å². The summed E-state index contributed by atoms with van der Waals surface area (Å²) in [6.45, 7) is 8.76. The van der Waals surface area contributed by atoms with E-state index < -0.39 is 0 Å². The summed E-state index contributed by atoms with van der Waals surface area (Å²) < 4.78 is 1.84. The van der Waals surface area contributed by atoms with Gasteiger partial charge in [0.2, 0.25) is 0 Å². The number of aliphatic imine (C=N–C) groups is 1. The monoisotopic (exact) mass is 280 g/mol. The van der Waals surface area contributed by atoms with E-state index in [-0.39, 0.29) is 0 Å². The largest absolute Gasteiger partial charge is 0.365 e. The number of thioether (sulfide) groups is 1. The van der Waals surface area contributed by atoms with Gasteiger partial charge in [0.25, 0.3) is 0 Å². The highest BCUT2D eigenvalue weighted by molar-refractivity contribution is 8.14. The molecule has 1 aliphatic rings. The fraction of sp³-hybridized carbons (Fsp3) is 0.714. The van der Waals surface area contributed by atoms with Gasteiger partial charge in [-0.1, -0.05) is 32.5 Å². The number of amidine groups is 1. The fourth-order valence-corrected chi connectivity index (χ4v) is 3.60. The molecule has 0 bridgehead atoms. The number of nitrogens with one attached hydrogen (secondary N) is 1. The van der Waals surface area contributed by atoms with Gasteiger partial charge in [-0.25, -0.2) is 0 Å². The van der Waals surface area contributed by atoms with Crippen molar-refractivity contribution in [2.24, 2.45) is 17.5 Å². The van der Waals surface area contributed by atoms with Crippen molar-refractivity contribution in [3.63, 3.8) is 0 Å². The Balaban J connectivity index is 1.68. The molecule has 0 aromatic carbocycles. The van der Waals surface area contributed by atoms with Crippen LogP contribution in [0.15, 0.2) is 17.4 Å². The van der Waals surface area contributed by atoms with E-state index >= 15 is 0 Å². The molecule has 2 rings (SSSR count). The Bertz CT molecular complexity index is 445. The summed E-state index contributed by atoms with van der Waals surface area (Å²) in [5, 5.41) is 9.35. The minimum atomic E-state index is 0.387. The molecule has 1 aromatic heterocycles. The average Bonchev–Trinajstić information content (AvgIpc) is 2.86. The van der Waals surface area contributed by atoms with Crippen LogP contribution in [0.5, 0.6) is 0 Å². The first-order valence-corrected chi connectivity index (χ1v) is 7.73. The number of hydrogen-bond acceptors (Lipinski definition) is 4. The molecule has 0 spiro atoms. The summed E-state index contributed by atoms with van der Waals surface area (Å²) >= 11 is 1.90. The van der Waals surface area contributed by atoms with Gasteiger partial charge in [-0.3, -0.25) is 9.67 Å². The predicted octanol–water partition coefficient (Wildman–Crippen LogP) is 2.46. The Kier molecular flexibility index (Phi) is 4.55. The van der Waals surface area contributed by atoms with Crippen molar-refractivity contribution in [3.8, 4) is 0 Å². The lowest BCUT2D eigenvalue weighted by Gasteiger charge is -2.21. The summed E-state index contributed by atoms with van der Waals surface area (Å²) in [5.41, 5.74) is 1.66. The van der Waals surface area contributed by atoms with E-state index in [1.165, 1.54) is 12.0 Å². The molecular formula is C14H24N4S. The van der Waals surface area contributed by atoms with Gasteiger partial charge in [0.05, 0.1) is 12.7 Å². The normalized spacial score (nSPS) is 19.6. The molecule has 0 saturated heterocycles. The molecule has 0 amide bonds. The van der Waals surface area contributed by atoms with Gasteiger partial charge < -0.3 is 5.32 Å². The van der Waals surface area contributed by atoms with Crippen LogP contribution in [0.25, 0.3) is 0 Å². The molecule has 1 aromatic rings. The minimum Gasteiger partial charge on any atom is -0.365 e. The third kappa shape index (κ3) is 4.90. The quantitative estimate of drug-likeness (QED) is 0.921. The summed E-state index contributed by atoms with van der Waals surface area (Å²) in [5.74, 6) is 0. The molecule has 0 saturated carbocycles. The summed E-state index contributed by atoms with van der Waals surface area (Å²) in [6.07, 6.45) is 6.20. The second-order valence-corrected chi connectivity index (χ2v) is 7.64. The van der Waals surface area contributed by atoms with Gasteiger partial charge >= 0.3 is 0 Å². The first-order valence-electron chi connectivity index (χ1n) is 6.85. The Morgan fingerprint density at radius 3 is 2.89 bits per heavy atom. The van der Waals surface area contributed by atoms with Crippen molar-refractivity contribution < 1.29 is 0 Å². The van der Waals surface area contributed by atoms with Crippen LogP contribution in [-0.2, 0) is 13.5 Å². The molecule has 106 valence electrons. The van der Waals surface area contributed by atoms with Crippen molar-refractivity contribution in [3.05, 3.63) is 18.0 Å². The van der Waals surface area contributed by atoms with Crippen LogP contribution in [0, 0.1) is 5.41 Å². The molecular weight excluding hydrogens is 256 g/mol. The molecule has 1 unspecified atom stereocenters. The molecule has 1 aliphatic heterocycles. The Morgan fingerprint density at radius 1 is 1.47 bits per heavy atom. The lowest BCUT2D eigenvalue weighted by molar-refractivity contribution is 0.375. The zero-order valence-corrected chi connectivity index (χ0v) is 13.1. The van der Waals surface area contributed by atoms with Gasteiger partial charge in [0.1, 0.15) is 0 Å². The van der Waals surface area contributed by atoms with E-state index in [1.807, 2.05) is 29.7 Å². The molecule has 4 nitrogen and oxygen atoms in total. The van der Waals surface area contributed by atoms with Crippen molar-refractivity contribution in [2.75, 3.05) is 13.1 Å². The number of rotatable bonds is 4. The van der Waals surface area contributed by atoms with E-state index in [1.54, 1.807) is 0 Å². The maximum absolute atomic E-state index is 4.59. The molecule has 0 radical (unpaired) electrons. The van der Waals surface area contributed by atoms with Crippen LogP contribution in [0.4, 0.5) is 0 Å². The van der Waals surface area contributed by atoms with Crippen LogP contribution < -0.4 is 5.32 Å². The van der Waals surface area contributed by atoms with Gasteiger partial charge in [0.15, 0.2) is 5.17 Å². The van der Waals surface area contributed by atoms with Gasteiger partial charge in [-0.15, -0.1) is 0 Å². The van der Waals surface area contributed by atoms with Crippen molar-refractivity contribution in [1.82, 2.24) is 15.1 Å². The molecule has 5 heteroatoms. The molecule has 2 heterocycles. The van der Waals surface area contributed by atoms with E-state index in [2.05, 4.69) is 42.4 Å². The van der Waals surface area contributed by atoms with Gasteiger partial charge in [0, 0.05) is 25.0 Å². The highest BCUT2D eigenvalue weighted by Gasteiger charge is 2.24. The molecule has 19 heavy (non-hydrogen) atoms. The van der Waals surface area contributed by atoms with Gasteiger partial charge in [-0.2, -0.15) is 5.10 Å². The molecule has 0 aliphatic carbocycles. The van der Waals surface area contributed by atoms with Crippen molar-refractivity contribution >= 4 is 16.9 Å². The van der Waals surface area contributed by atoms with E-state index in [0.717, 1.165) is 24.7 Å². The van der Waals surface area contributed by atoms with Crippen LogP contribution in [-0.4, -0.2) is 33.3 Å². The third-order valence-corrected chi connectivity index (χ3v) is 4.15. The average molecular weight is 280 g/mol. The van der Waals surface area contributed by atoms with Crippen molar-refractivity contribution in [2.45, 2.75) is 38.9 Å². The number of aryl methyl sites for hydroxylation is 1. The maximum Gasteiger partial charge on any atom is 0.156 e. The van der Waals surface area contributed by atoms with E-state index in [9.17, 15) is 0 Å². The summed E-state index contributed by atoms with van der Waals surface area (Å²) in [7, 11) is 1.95. The lowest BCUT2D eigenvalue weighted by Crippen LogP contribution is -2.23. The summed E-state index contributed by atoms with van der Waals surface area (Å²) in [4.78, 5) is 4.59. The fourth-order valence-electron chi connectivity index (χ4n) is 2.22. The zero-order chi connectivity index (χ0) is 13.9. The van der Waals surface area contributed by atoms with Gasteiger partial charge in [-0.05, 0) is 23.8 Å². The van der Waals surface area contributed by atoms with E-state index in [0.29, 0.717) is 10.7 Å². The third-order valence-electron chi connectivity index (χ3n) is 3.01. The number of hydrogen-bond donors (Lipinski definition) is 1. The molecule has 1 N–H and O–H groups in total. The van der Waals surface area contributed by atoms with Crippen LogP contribution in [0.3, 0.4) is 0 Å². The Morgan fingerprint density at radius 2 is 2.26 bits per heavy atom.